The van der Waals surface area contributed by atoms with E-state index in [1.165, 1.54) is 24.0 Å². The van der Waals surface area contributed by atoms with Crippen LogP contribution in [0.1, 0.15) is 66.9 Å². The monoisotopic (exact) mass is 552 g/mol. The average molecular weight is 553 g/mol. The third kappa shape index (κ3) is 5.14. The van der Waals surface area contributed by atoms with Crippen LogP contribution in [0.15, 0.2) is 52.9 Å². The second-order valence-electron chi connectivity index (χ2n) is 11.9. The van der Waals surface area contributed by atoms with E-state index in [0.29, 0.717) is 29.8 Å². The van der Waals surface area contributed by atoms with Crippen molar-refractivity contribution in [1.82, 2.24) is 0 Å². The molecule has 0 radical (unpaired) electrons. The van der Waals surface area contributed by atoms with Crippen LogP contribution in [-0.4, -0.2) is 35.6 Å². The molecule has 0 aromatic heterocycles. The van der Waals surface area contributed by atoms with Gasteiger partial charge in [0.05, 0.1) is 12.3 Å². The van der Waals surface area contributed by atoms with Gasteiger partial charge in [-0.2, -0.15) is 4.36 Å². The van der Waals surface area contributed by atoms with E-state index in [1.807, 2.05) is 18.2 Å². The maximum Gasteiger partial charge on any atom is 0.284 e. The van der Waals surface area contributed by atoms with Gasteiger partial charge in [-0.3, -0.25) is 9.00 Å². The van der Waals surface area contributed by atoms with Gasteiger partial charge in [-0.25, -0.2) is 0 Å². The molecule has 1 spiro atoms. The average Bonchev–Trinajstić information content (AvgIpc) is 3.02. The molecule has 2 aromatic carbocycles. The summed E-state index contributed by atoms with van der Waals surface area (Å²) in [5, 5.41) is 0.786. The maximum atomic E-state index is 13.1. The van der Waals surface area contributed by atoms with Gasteiger partial charge in [-0.1, -0.05) is 36.7 Å². The Balaban J connectivity index is 1.41. The minimum absolute atomic E-state index is 0.134. The number of fused-ring (bicyclic) bond motifs is 4. The summed E-state index contributed by atoms with van der Waals surface area (Å²) in [5.74, 6) is 2.36. The lowest BCUT2D eigenvalue weighted by Gasteiger charge is -2.44. The number of anilines is 1. The summed E-state index contributed by atoms with van der Waals surface area (Å²) < 4.78 is 23.3. The quantitative estimate of drug-likeness (QED) is 0.294. The number of carbonyl (C=O) groups is 1. The minimum atomic E-state index is -1.94. The van der Waals surface area contributed by atoms with Crippen molar-refractivity contribution < 1.29 is 13.7 Å². The molecule has 0 N–H and O–H groups in total. The van der Waals surface area contributed by atoms with Crippen LogP contribution in [0.5, 0.6) is 5.75 Å². The highest BCUT2D eigenvalue weighted by Gasteiger charge is 2.43. The maximum absolute atomic E-state index is 13.1. The van der Waals surface area contributed by atoms with Gasteiger partial charge in [0.25, 0.3) is 5.91 Å². The van der Waals surface area contributed by atoms with Crippen LogP contribution in [0.3, 0.4) is 0 Å². The third-order valence-corrected chi connectivity index (χ3v) is 10.7. The van der Waals surface area contributed by atoms with E-state index in [0.717, 1.165) is 61.7 Å². The third-order valence-electron chi connectivity index (χ3n) is 9.13. The van der Waals surface area contributed by atoms with Crippen LogP contribution in [0.4, 0.5) is 5.69 Å². The summed E-state index contributed by atoms with van der Waals surface area (Å²) in [6.07, 6.45) is 12.2. The zero-order chi connectivity index (χ0) is 26.3. The van der Waals surface area contributed by atoms with Gasteiger partial charge in [0, 0.05) is 45.4 Å². The highest BCUT2D eigenvalue weighted by atomic mass is 35.5. The molecule has 38 heavy (non-hydrogen) atoms. The Morgan fingerprint density at radius 2 is 1.95 bits per heavy atom. The van der Waals surface area contributed by atoms with Crippen molar-refractivity contribution in [2.45, 2.75) is 57.3 Å². The highest BCUT2D eigenvalue weighted by Crippen LogP contribution is 2.46. The smallest absolute Gasteiger partial charge is 0.284 e. The zero-order valence-corrected chi connectivity index (χ0v) is 23.7. The van der Waals surface area contributed by atoms with E-state index in [2.05, 4.69) is 40.5 Å². The Labute approximate surface area is 232 Å². The van der Waals surface area contributed by atoms with Crippen LogP contribution < -0.4 is 9.64 Å². The fourth-order valence-electron chi connectivity index (χ4n) is 6.86. The molecule has 6 rings (SSSR count). The number of halogens is 1. The molecule has 2 heterocycles. The fourth-order valence-corrected chi connectivity index (χ4v) is 8.14. The van der Waals surface area contributed by atoms with Crippen LogP contribution in [0.25, 0.3) is 0 Å². The number of amides is 1. The van der Waals surface area contributed by atoms with E-state index in [-0.39, 0.29) is 11.3 Å². The highest BCUT2D eigenvalue weighted by molar-refractivity contribution is 7.75. The lowest BCUT2D eigenvalue weighted by atomic mass is 9.69. The molecule has 5 nitrogen and oxygen atoms in total. The molecule has 202 valence electrons. The number of aryl methyl sites for hydroxylation is 1. The van der Waals surface area contributed by atoms with E-state index in [9.17, 15) is 9.00 Å². The second-order valence-corrected chi connectivity index (χ2v) is 13.6. The summed E-state index contributed by atoms with van der Waals surface area (Å²) in [6.45, 7) is 4.47. The number of carbonyl (C=O) groups excluding carboxylic acids is 1. The summed E-state index contributed by atoms with van der Waals surface area (Å²) >= 11 is 6.39. The first kappa shape index (κ1) is 25.9. The number of thiol groups is 1. The van der Waals surface area contributed by atoms with Crippen molar-refractivity contribution in [3.63, 3.8) is 0 Å². The van der Waals surface area contributed by atoms with Gasteiger partial charge in [0.15, 0.2) is 0 Å². The Morgan fingerprint density at radius 3 is 2.79 bits per heavy atom. The molecule has 1 saturated carbocycles. The van der Waals surface area contributed by atoms with Crippen LogP contribution >= 0.6 is 11.6 Å². The minimum Gasteiger partial charge on any atom is -0.490 e. The molecule has 1 fully saturated rings. The molecule has 2 aromatic rings. The molecule has 1 amide bonds. The number of rotatable bonds is 0. The number of allylic oxidation sites excluding steroid dienone is 2. The van der Waals surface area contributed by atoms with Gasteiger partial charge < -0.3 is 9.64 Å². The topological polar surface area (TPSA) is 59.0 Å². The Hall–Kier alpha value is -2.31. The summed E-state index contributed by atoms with van der Waals surface area (Å²) in [7, 11) is -1.94. The molecule has 7 heteroatoms. The first-order valence-corrected chi connectivity index (χ1v) is 15.8. The van der Waals surface area contributed by atoms with E-state index in [4.69, 9.17) is 16.3 Å². The second kappa shape index (κ2) is 10.7. The first-order chi connectivity index (χ1) is 18.4. The van der Waals surface area contributed by atoms with Crippen LogP contribution in [-0.2, 0) is 22.4 Å². The molecule has 5 atom stereocenters. The lowest BCUT2D eigenvalue weighted by Crippen LogP contribution is -2.48. The molecule has 2 bridgehead atoms. The SMILES string of the molecule is C[C@H]1C/C=C/C[C@@H]2CC[C@H]2CN2C[C@@]3(CCCc4cc(Cl)ccc43)COc3ccc(cc32)C(=O)/N=[SH](=O)\C1. The normalized spacial score (nSPS) is 32.6. The van der Waals surface area contributed by atoms with Crippen molar-refractivity contribution >= 4 is 33.8 Å². The van der Waals surface area contributed by atoms with Crippen molar-refractivity contribution in [2.24, 2.45) is 22.1 Å². The first-order valence-electron chi connectivity index (χ1n) is 14.1. The molecular formula is C31H37ClN2O3S. The van der Waals surface area contributed by atoms with Gasteiger partial charge in [-0.15, -0.1) is 0 Å². The summed E-state index contributed by atoms with van der Waals surface area (Å²) in [6, 6.07) is 12.0. The predicted octanol–water partition coefficient (Wildman–Crippen LogP) is 6.63. The molecule has 1 unspecified atom stereocenters. The van der Waals surface area contributed by atoms with Crippen molar-refractivity contribution in [2.75, 3.05) is 30.3 Å². The number of hydrogen-bond acceptors (Lipinski definition) is 4. The van der Waals surface area contributed by atoms with E-state index >= 15 is 0 Å². The van der Waals surface area contributed by atoms with Crippen LogP contribution in [0.2, 0.25) is 5.02 Å². The Kier molecular flexibility index (Phi) is 7.30. The lowest BCUT2D eigenvalue weighted by molar-refractivity contribution is 0.100. The Bertz CT molecular complexity index is 1350. The predicted molar refractivity (Wildman–Crippen MR) is 155 cm³/mol. The van der Waals surface area contributed by atoms with Gasteiger partial charge in [0.2, 0.25) is 0 Å². The number of hydrogen-bond donors (Lipinski definition) is 1. The van der Waals surface area contributed by atoms with Crippen LogP contribution in [0, 0.1) is 17.8 Å². The molecule has 4 aliphatic rings. The van der Waals surface area contributed by atoms with Crippen molar-refractivity contribution in [1.29, 1.82) is 0 Å². The zero-order valence-electron chi connectivity index (χ0n) is 22.1. The molecule has 0 saturated heterocycles. The molecular weight excluding hydrogens is 516 g/mol. The number of nitrogens with zero attached hydrogens (tertiary/aromatic N) is 2. The fraction of sp³-hybridized carbons (Fsp3) is 0.516. The van der Waals surface area contributed by atoms with Crippen molar-refractivity contribution in [3.8, 4) is 5.75 Å². The van der Waals surface area contributed by atoms with Crippen molar-refractivity contribution in [3.05, 3.63) is 70.3 Å². The van der Waals surface area contributed by atoms with Gasteiger partial charge in [0.1, 0.15) is 5.75 Å². The molecule has 2 aliphatic carbocycles. The largest absolute Gasteiger partial charge is 0.490 e. The summed E-state index contributed by atoms with van der Waals surface area (Å²) in [5.41, 5.74) is 3.98. The number of benzene rings is 2. The van der Waals surface area contributed by atoms with E-state index < -0.39 is 16.5 Å². The number of ether oxygens (including phenoxy) is 1. The standard InChI is InChI=1S/C31H37ClN2O3S/c1-21-5-2-3-6-22-8-9-25(22)17-34-19-31(14-4-7-23-15-26(32)11-12-27(23)31)20-37-29-13-10-24(16-28(29)34)30(35)33-38(36)18-21/h2-3,10-13,15-16,21-22,25,38H,4-9,14,17-20H2,1H3/b3-2+/t21-,22+,25-,31-/m0/s1. The Morgan fingerprint density at radius 1 is 1.11 bits per heavy atom. The summed E-state index contributed by atoms with van der Waals surface area (Å²) in [4.78, 5) is 15.6. The van der Waals surface area contributed by atoms with Gasteiger partial charge >= 0.3 is 0 Å². The molecule has 2 aliphatic heterocycles. The van der Waals surface area contributed by atoms with E-state index in [1.54, 1.807) is 6.07 Å². The van der Waals surface area contributed by atoms with Gasteiger partial charge in [-0.05, 0) is 104 Å².